The predicted molar refractivity (Wildman–Crippen MR) is 97.5 cm³/mol. The number of imidazole rings is 1. The van der Waals surface area contributed by atoms with E-state index >= 15 is 0 Å². The minimum Gasteiger partial charge on any atom is -0.317 e. The van der Waals surface area contributed by atoms with Crippen LogP contribution in [0.15, 0.2) is 36.7 Å². The van der Waals surface area contributed by atoms with Crippen molar-refractivity contribution in [2.24, 2.45) is 0 Å². The maximum Gasteiger partial charge on any atom is 0.153 e. The van der Waals surface area contributed by atoms with Crippen molar-refractivity contribution in [1.29, 1.82) is 0 Å². The number of halogens is 1. The molecule has 0 bridgehead atoms. The first kappa shape index (κ1) is 15.5. The summed E-state index contributed by atoms with van der Waals surface area (Å²) >= 11 is 0. The maximum atomic E-state index is 14.7. The number of hydrogen-bond acceptors (Lipinski definition) is 4. The zero-order valence-corrected chi connectivity index (χ0v) is 14.5. The quantitative estimate of drug-likeness (QED) is 0.603. The van der Waals surface area contributed by atoms with Crippen LogP contribution < -0.4 is 5.32 Å². The number of benzene rings is 1. The standard InChI is InChI=1S/C19H19FN6/c1-12-10-26-18(22-12)3-2-17(23-26)13-8-14-11-25(15-4-6-21-7-5-15)24-19(14)16(20)9-13/h2-3,8-11,15,21H,4-7H2,1H3. The molecular weight excluding hydrogens is 331 g/mol. The van der Waals surface area contributed by atoms with Gasteiger partial charge < -0.3 is 5.32 Å². The van der Waals surface area contributed by atoms with Crippen LogP contribution in [0.25, 0.3) is 27.8 Å². The molecule has 0 atom stereocenters. The lowest BCUT2D eigenvalue weighted by Gasteiger charge is -2.22. The van der Waals surface area contributed by atoms with Crippen molar-refractivity contribution < 1.29 is 4.39 Å². The maximum absolute atomic E-state index is 14.7. The lowest BCUT2D eigenvalue weighted by Crippen LogP contribution is -2.29. The van der Waals surface area contributed by atoms with E-state index in [0.29, 0.717) is 17.3 Å². The van der Waals surface area contributed by atoms with E-state index in [0.717, 1.165) is 48.2 Å². The number of hydrogen-bond donors (Lipinski definition) is 1. The Morgan fingerprint density at radius 1 is 1.12 bits per heavy atom. The molecule has 0 aliphatic carbocycles. The Kier molecular flexibility index (Phi) is 3.49. The number of nitrogens with zero attached hydrogens (tertiary/aromatic N) is 5. The van der Waals surface area contributed by atoms with Gasteiger partial charge in [0.25, 0.3) is 0 Å². The minimum absolute atomic E-state index is 0.311. The Morgan fingerprint density at radius 2 is 1.96 bits per heavy atom. The van der Waals surface area contributed by atoms with Crippen LogP contribution in [0.2, 0.25) is 0 Å². The number of nitrogens with one attached hydrogen (secondary N) is 1. The molecule has 0 spiro atoms. The number of aryl methyl sites for hydroxylation is 1. The average molecular weight is 350 g/mol. The van der Waals surface area contributed by atoms with E-state index in [9.17, 15) is 4.39 Å². The highest BCUT2D eigenvalue weighted by atomic mass is 19.1. The fraction of sp³-hybridized carbons (Fsp3) is 0.316. The molecule has 1 fully saturated rings. The summed E-state index contributed by atoms with van der Waals surface area (Å²) in [5.74, 6) is -0.311. The van der Waals surface area contributed by atoms with Gasteiger partial charge in [0.05, 0.1) is 23.6 Å². The predicted octanol–water partition coefficient (Wildman–Crippen LogP) is 3.12. The van der Waals surface area contributed by atoms with Crippen LogP contribution in [0.4, 0.5) is 4.39 Å². The second-order valence-corrected chi connectivity index (χ2v) is 6.89. The Balaban J connectivity index is 1.58. The molecule has 7 heteroatoms. The van der Waals surface area contributed by atoms with Crippen molar-refractivity contribution in [1.82, 2.24) is 29.7 Å². The Bertz CT molecular complexity index is 1110. The highest BCUT2D eigenvalue weighted by Crippen LogP contribution is 2.28. The van der Waals surface area contributed by atoms with Gasteiger partial charge in [0.2, 0.25) is 0 Å². The van der Waals surface area contributed by atoms with Gasteiger partial charge in [-0.3, -0.25) is 4.68 Å². The third-order valence-electron chi connectivity index (χ3n) is 5.00. The number of aromatic nitrogens is 5. The topological polar surface area (TPSA) is 60.0 Å². The van der Waals surface area contributed by atoms with E-state index in [1.54, 1.807) is 4.52 Å². The molecule has 6 nitrogen and oxygen atoms in total. The average Bonchev–Trinajstić information content (AvgIpc) is 3.24. The summed E-state index contributed by atoms with van der Waals surface area (Å²) < 4.78 is 18.3. The molecule has 4 aromatic rings. The second kappa shape index (κ2) is 5.88. The fourth-order valence-corrected chi connectivity index (χ4v) is 3.67. The summed E-state index contributed by atoms with van der Waals surface area (Å²) in [6.45, 7) is 3.88. The van der Waals surface area contributed by atoms with Crippen LogP contribution in [0, 0.1) is 12.7 Å². The van der Waals surface area contributed by atoms with Crippen LogP contribution in [-0.2, 0) is 0 Å². The smallest absolute Gasteiger partial charge is 0.153 e. The summed E-state index contributed by atoms with van der Waals surface area (Å²) in [7, 11) is 0. The number of rotatable bonds is 2. The molecule has 132 valence electrons. The van der Waals surface area contributed by atoms with Crippen molar-refractivity contribution in [3.8, 4) is 11.3 Å². The van der Waals surface area contributed by atoms with Gasteiger partial charge in [-0.1, -0.05) is 0 Å². The van der Waals surface area contributed by atoms with Gasteiger partial charge >= 0.3 is 0 Å². The van der Waals surface area contributed by atoms with E-state index < -0.39 is 0 Å². The van der Waals surface area contributed by atoms with Crippen LogP contribution in [-0.4, -0.2) is 37.5 Å². The first-order valence-corrected chi connectivity index (χ1v) is 8.90. The monoisotopic (exact) mass is 350 g/mol. The van der Waals surface area contributed by atoms with Crippen LogP contribution in [0.1, 0.15) is 24.6 Å². The van der Waals surface area contributed by atoms with Gasteiger partial charge in [-0.05, 0) is 57.1 Å². The summed E-state index contributed by atoms with van der Waals surface area (Å²) in [6, 6.07) is 7.58. The van der Waals surface area contributed by atoms with Gasteiger partial charge in [-0.25, -0.2) is 13.9 Å². The first-order valence-electron chi connectivity index (χ1n) is 8.90. The molecule has 5 rings (SSSR count). The summed E-state index contributed by atoms with van der Waals surface area (Å²) in [5, 5.41) is 13.2. The fourth-order valence-electron chi connectivity index (χ4n) is 3.67. The second-order valence-electron chi connectivity index (χ2n) is 6.89. The van der Waals surface area contributed by atoms with Gasteiger partial charge in [-0.15, -0.1) is 0 Å². The van der Waals surface area contributed by atoms with Gasteiger partial charge in [0.1, 0.15) is 5.52 Å². The van der Waals surface area contributed by atoms with Crippen LogP contribution in [0.3, 0.4) is 0 Å². The lowest BCUT2D eigenvalue weighted by atomic mass is 10.1. The Morgan fingerprint density at radius 3 is 2.81 bits per heavy atom. The third kappa shape index (κ3) is 2.55. The molecule has 0 unspecified atom stereocenters. The molecule has 0 amide bonds. The van der Waals surface area contributed by atoms with Crippen molar-refractivity contribution >= 4 is 16.6 Å². The van der Waals surface area contributed by atoms with Crippen molar-refractivity contribution in [3.63, 3.8) is 0 Å². The Hall–Kier alpha value is -2.80. The molecule has 1 aliphatic heterocycles. The summed E-state index contributed by atoms with van der Waals surface area (Å²) in [6.07, 6.45) is 5.85. The summed E-state index contributed by atoms with van der Waals surface area (Å²) in [5.41, 5.74) is 3.57. The van der Waals surface area contributed by atoms with Gasteiger partial charge in [-0.2, -0.15) is 10.2 Å². The molecular formula is C19H19FN6. The van der Waals surface area contributed by atoms with Gasteiger partial charge in [0.15, 0.2) is 11.5 Å². The number of fused-ring (bicyclic) bond motifs is 2. The first-order chi connectivity index (χ1) is 12.7. The minimum atomic E-state index is -0.311. The molecule has 0 saturated carbocycles. The van der Waals surface area contributed by atoms with E-state index in [1.807, 2.05) is 42.2 Å². The Labute approximate surface area is 149 Å². The SMILES string of the molecule is Cc1cn2nc(-c3cc(F)c4nn(C5CCNCC5)cc4c3)ccc2n1. The molecule has 1 saturated heterocycles. The summed E-state index contributed by atoms with van der Waals surface area (Å²) in [4.78, 5) is 4.38. The molecule has 26 heavy (non-hydrogen) atoms. The van der Waals surface area contributed by atoms with Crippen LogP contribution >= 0.6 is 0 Å². The molecule has 3 aromatic heterocycles. The largest absolute Gasteiger partial charge is 0.317 e. The number of piperidine rings is 1. The molecule has 1 N–H and O–H groups in total. The van der Waals surface area contributed by atoms with Crippen molar-refractivity contribution in [2.75, 3.05) is 13.1 Å². The van der Waals surface area contributed by atoms with E-state index in [1.165, 1.54) is 6.07 Å². The van der Waals surface area contributed by atoms with Crippen LogP contribution in [0.5, 0.6) is 0 Å². The van der Waals surface area contributed by atoms with E-state index in [2.05, 4.69) is 20.5 Å². The molecule has 1 aliphatic rings. The molecule has 0 radical (unpaired) electrons. The zero-order chi connectivity index (χ0) is 17.7. The van der Waals surface area contributed by atoms with Crippen molar-refractivity contribution in [3.05, 3.63) is 48.2 Å². The highest BCUT2D eigenvalue weighted by Gasteiger charge is 2.18. The van der Waals surface area contributed by atoms with E-state index in [-0.39, 0.29) is 5.82 Å². The third-order valence-corrected chi connectivity index (χ3v) is 5.00. The molecule has 1 aromatic carbocycles. The van der Waals surface area contributed by atoms with Gasteiger partial charge in [0, 0.05) is 17.1 Å². The van der Waals surface area contributed by atoms with E-state index in [4.69, 9.17) is 0 Å². The zero-order valence-electron chi connectivity index (χ0n) is 14.5. The lowest BCUT2D eigenvalue weighted by molar-refractivity contribution is 0.344. The molecule has 4 heterocycles. The van der Waals surface area contributed by atoms with Crippen molar-refractivity contribution in [2.45, 2.75) is 25.8 Å². The normalized spacial score (nSPS) is 15.9. The highest BCUT2D eigenvalue weighted by molar-refractivity contribution is 5.84.